The summed E-state index contributed by atoms with van der Waals surface area (Å²) in [6, 6.07) is 3.46. The maximum Gasteiger partial charge on any atom is 0.316 e. The van der Waals surface area contributed by atoms with E-state index < -0.39 is 5.41 Å². The first-order valence-electron chi connectivity index (χ1n) is 10.4. The lowest BCUT2D eigenvalue weighted by Crippen LogP contribution is -2.44. The van der Waals surface area contributed by atoms with Crippen LogP contribution in [0.1, 0.15) is 76.8 Å². The highest BCUT2D eigenvalue weighted by atomic mass is 16.5. The number of fused-ring (bicyclic) bond motifs is 5. The second-order valence-electron chi connectivity index (χ2n) is 10.2. The topological polar surface area (TPSA) is 66.8 Å². The molecule has 2 saturated carbocycles. The predicted molar refractivity (Wildman–Crippen MR) is 104 cm³/mol. The molecule has 0 heterocycles. The normalized spacial score (nSPS) is 35.1. The van der Waals surface area contributed by atoms with Gasteiger partial charge >= 0.3 is 5.97 Å². The molecule has 4 rings (SSSR count). The Hall–Kier alpha value is -1.55. The molecule has 27 heavy (non-hydrogen) atoms. The van der Waals surface area contributed by atoms with Crippen LogP contribution in [0.2, 0.25) is 0 Å². The number of hydrogen-bond donors (Lipinski definition) is 2. The molecule has 0 aromatic heterocycles. The zero-order chi connectivity index (χ0) is 19.6. The first-order valence-corrected chi connectivity index (χ1v) is 10.4. The quantitative estimate of drug-likeness (QED) is 0.560. The van der Waals surface area contributed by atoms with E-state index in [0.717, 1.165) is 49.7 Å². The first-order chi connectivity index (χ1) is 12.6. The predicted octanol–water partition coefficient (Wildman–Crippen LogP) is 4.56. The van der Waals surface area contributed by atoms with Gasteiger partial charge in [0.25, 0.3) is 0 Å². The van der Waals surface area contributed by atoms with E-state index >= 15 is 0 Å². The van der Waals surface area contributed by atoms with Gasteiger partial charge in [-0.15, -0.1) is 0 Å². The van der Waals surface area contributed by atoms with Crippen molar-refractivity contribution in [1.29, 1.82) is 0 Å². The van der Waals surface area contributed by atoms with Crippen molar-refractivity contribution in [2.45, 2.75) is 78.2 Å². The number of esters is 1. The molecule has 2 N–H and O–H groups in total. The SMILES string of the molecule is CC(C)(C)C(=O)Oc1cc(O)cc2c1[C@H]1CC[C@]3(C)[C@H](O)CC[C@H]3[C@@H]1CC2. The molecule has 0 amide bonds. The summed E-state index contributed by atoms with van der Waals surface area (Å²) in [6.45, 7) is 7.80. The molecule has 3 aliphatic carbocycles. The zero-order valence-corrected chi connectivity index (χ0v) is 16.9. The lowest BCUT2D eigenvalue weighted by Gasteiger charge is -2.50. The Morgan fingerprint density at radius 3 is 2.63 bits per heavy atom. The summed E-state index contributed by atoms with van der Waals surface area (Å²) in [5.74, 6) is 1.84. The van der Waals surface area contributed by atoms with Crippen molar-refractivity contribution in [2.75, 3.05) is 0 Å². The number of aromatic hydroxyl groups is 1. The molecule has 0 saturated heterocycles. The molecule has 4 nitrogen and oxygen atoms in total. The number of hydrogen-bond acceptors (Lipinski definition) is 4. The van der Waals surface area contributed by atoms with E-state index in [1.54, 1.807) is 6.07 Å². The standard InChI is InChI=1S/C23H32O4/c1-22(2,3)21(26)27-18-12-14(24)11-13-5-6-15-16(20(13)18)9-10-23(4)17(15)7-8-19(23)25/h11-12,15-17,19,24-25H,5-10H2,1-4H3/t15-,16+,17+,19-,23+/m1/s1. The van der Waals surface area contributed by atoms with Crippen LogP contribution in [0, 0.1) is 22.7 Å². The fraction of sp³-hybridized carbons (Fsp3) is 0.696. The molecule has 3 aliphatic rings. The van der Waals surface area contributed by atoms with Crippen molar-refractivity contribution in [1.82, 2.24) is 0 Å². The minimum absolute atomic E-state index is 0.0256. The van der Waals surface area contributed by atoms with E-state index in [4.69, 9.17) is 4.74 Å². The van der Waals surface area contributed by atoms with Crippen LogP contribution in [0.5, 0.6) is 11.5 Å². The molecule has 0 aliphatic heterocycles. The smallest absolute Gasteiger partial charge is 0.316 e. The van der Waals surface area contributed by atoms with Crippen molar-refractivity contribution in [3.63, 3.8) is 0 Å². The van der Waals surface area contributed by atoms with Crippen molar-refractivity contribution in [2.24, 2.45) is 22.7 Å². The molecule has 4 heteroatoms. The van der Waals surface area contributed by atoms with E-state index in [0.29, 0.717) is 23.5 Å². The summed E-state index contributed by atoms with van der Waals surface area (Å²) in [6.07, 6.45) is 5.79. The van der Waals surface area contributed by atoms with Gasteiger partial charge in [-0.3, -0.25) is 4.79 Å². The van der Waals surface area contributed by atoms with Crippen LogP contribution in [0.4, 0.5) is 0 Å². The highest BCUT2D eigenvalue weighted by molar-refractivity contribution is 5.78. The van der Waals surface area contributed by atoms with E-state index in [9.17, 15) is 15.0 Å². The Labute approximate surface area is 161 Å². The molecule has 0 spiro atoms. The number of carbonyl (C=O) groups excluding carboxylic acids is 1. The minimum atomic E-state index is -0.590. The highest BCUT2D eigenvalue weighted by Gasteiger charge is 2.54. The van der Waals surface area contributed by atoms with Gasteiger partial charge in [-0.05, 0) is 94.1 Å². The van der Waals surface area contributed by atoms with E-state index in [1.165, 1.54) is 0 Å². The van der Waals surface area contributed by atoms with Gasteiger partial charge in [0.1, 0.15) is 11.5 Å². The Bertz CT molecular complexity index is 762. The largest absolute Gasteiger partial charge is 0.508 e. The fourth-order valence-electron chi connectivity index (χ4n) is 5.98. The summed E-state index contributed by atoms with van der Waals surface area (Å²) in [4.78, 5) is 12.5. The van der Waals surface area contributed by atoms with Crippen LogP contribution in [-0.4, -0.2) is 22.3 Å². The lowest BCUT2D eigenvalue weighted by molar-refractivity contribution is -0.143. The Morgan fingerprint density at radius 1 is 1.19 bits per heavy atom. The average molecular weight is 373 g/mol. The van der Waals surface area contributed by atoms with Crippen LogP contribution in [-0.2, 0) is 11.2 Å². The fourth-order valence-corrected chi connectivity index (χ4v) is 5.98. The highest BCUT2D eigenvalue weighted by Crippen LogP contribution is 2.62. The van der Waals surface area contributed by atoms with Gasteiger partial charge in [0.15, 0.2) is 0 Å². The number of aliphatic hydroxyl groups is 1. The molecule has 0 bridgehead atoms. The monoisotopic (exact) mass is 372 g/mol. The molecule has 0 unspecified atom stereocenters. The summed E-state index contributed by atoms with van der Waals surface area (Å²) < 4.78 is 5.82. The molecule has 2 fully saturated rings. The van der Waals surface area contributed by atoms with Gasteiger partial charge in [-0.2, -0.15) is 0 Å². The Balaban J connectivity index is 1.72. The van der Waals surface area contributed by atoms with Gasteiger partial charge in [-0.25, -0.2) is 0 Å². The third-order valence-electron chi connectivity index (χ3n) is 7.53. The van der Waals surface area contributed by atoms with E-state index in [1.807, 2.05) is 26.8 Å². The number of phenols is 1. The molecule has 1 aromatic carbocycles. The van der Waals surface area contributed by atoms with E-state index in [2.05, 4.69) is 6.92 Å². The second-order valence-corrected chi connectivity index (χ2v) is 10.2. The van der Waals surface area contributed by atoms with Gasteiger partial charge in [0, 0.05) is 11.6 Å². The van der Waals surface area contributed by atoms with Crippen molar-refractivity contribution in [3.8, 4) is 11.5 Å². The Morgan fingerprint density at radius 2 is 1.93 bits per heavy atom. The lowest BCUT2D eigenvalue weighted by atomic mass is 9.55. The molecule has 0 radical (unpaired) electrons. The number of rotatable bonds is 1. The van der Waals surface area contributed by atoms with Gasteiger partial charge in [0.2, 0.25) is 0 Å². The second kappa shape index (κ2) is 6.23. The van der Waals surface area contributed by atoms with Crippen molar-refractivity contribution >= 4 is 5.97 Å². The number of ether oxygens (including phenoxy) is 1. The zero-order valence-electron chi connectivity index (χ0n) is 16.9. The van der Waals surface area contributed by atoms with Crippen molar-refractivity contribution in [3.05, 3.63) is 23.3 Å². The molecule has 148 valence electrons. The Kier molecular flexibility index (Phi) is 4.34. The van der Waals surface area contributed by atoms with E-state index in [-0.39, 0.29) is 23.2 Å². The summed E-state index contributed by atoms with van der Waals surface area (Å²) >= 11 is 0. The number of aliphatic hydroxyl groups excluding tert-OH is 1. The summed E-state index contributed by atoms with van der Waals surface area (Å²) in [5, 5.41) is 20.7. The molecular weight excluding hydrogens is 340 g/mol. The van der Waals surface area contributed by atoms with Crippen LogP contribution in [0.15, 0.2) is 12.1 Å². The van der Waals surface area contributed by atoms with Crippen LogP contribution >= 0.6 is 0 Å². The number of phenolic OH excluding ortho intramolecular Hbond substituents is 1. The maximum absolute atomic E-state index is 12.5. The average Bonchev–Trinajstić information content (AvgIpc) is 2.88. The third-order valence-corrected chi connectivity index (χ3v) is 7.53. The molecule has 1 aromatic rings. The van der Waals surface area contributed by atoms with Gasteiger partial charge in [-0.1, -0.05) is 6.92 Å². The third kappa shape index (κ3) is 2.97. The number of aryl methyl sites for hydroxylation is 1. The van der Waals surface area contributed by atoms with Gasteiger partial charge in [0.05, 0.1) is 11.5 Å². The van der Waals surface area contributed by atoms with Crippen molar-refractivity contribution < 1.29 is 19.7 Å². The van der Waals surface area contributed by atoms with Crippen LogP contribution in [0.3, 0.4) is 0 Å². The summed E-state index contributed by atoms with van der Waals surface area (Å²) in [5.41, 5.74) is 1.69. The molecule has 5 atom stereocenters. The van der Waals surface area contributed by atoms with Crippen LogP contribution in [0.25, 0.3) is 0 Å². The number of carbonyl (C=O) groups is 1. The maximum atomic E-state index is 12.5. The van der Waals surface area contributed by atoms with Crippen LogP contribution < -0.4 is 4.74 Å². The summed E-state index contributed by atoms with van der Waals surface area (Å²) in [7, 11) is 0. The minimum Gasteiger partial charge on any atom is -0.508 e. The first kappa shape index (κ1) is 18.8. The number of benzene rings is 1. The van der Waals surface area contributed by atoms with Gasteiger partial charge < -0.3 is 14.9 Å². The molecular formula is C23H32O4.